The molecule has 1 aliphatic heterocycles. The predicted molar refractivity (Wildman–Crippen MR) is 99.1 cm³/mol. The third kappa shape index (κ3) is 3.94. The normalized spacial score (nSPS) is 15.3. The molecule has 7 nitrogen and oxygen atoms in total. The van der Waals surface area contributed by atoms with Crippen molar-refractivity contribution in [3.8, 4) is 0 Å². The minimum absolute atomic E-state index is 0.0741. The van der Waals surface area contributed by atoms with Crippen molar-refractivity contribution in [3.63, 3.8) is 0 Å². The number of sulfonamides is 1. The van der Waals surface area contributed by atoms with Gasteiger partial charge in [-0.25, -0.2) is 4.39 Å². The van der Waals surface area contributed by atoms with Crippen LogP contribution in [-0.4, -0.2) is 50.6 Å². The van der Waals surface area contributed by atoms with E-state index >= 15 is 0 Å². The molecule has 2 aromatic carbocycles. The van der Waals surface area contributed by atoms with Crippen molar-refractivity contribution in [1.82, 2.24) is 4.90 Å². The van der Waals surface area contributed by atoms with Crippen molar-refractivity contribution in [2.45, 2.75) is 17.9 Å². The Balaban J connectivity index is 1.67. The number of benzene rings is 2. The fourth-order valence-electron chi connectivity index (χ4n) is 2.77. The summed E-state index contributed by atoms with van der Waals surface area (Å²) in [5, 5.41) is 0. The van der Waals surface area contributed by atoms with Crippen LogP contribution in [0, 0.1) is 5.82 Å². The van der Waals surface area contributed by atoms with Crippen LogP contribution < -0.4 is 0 Å². The molecule has 146 valence electrons. The molecule has 0 bridgehead atoms. The first-order valence-electron chi connectivity index (χ1n) is 8.34. The van der Waals surface area contributed by atoms with E-state index in [1.807, 2.05) is 0 Å². The summed E-state index contributed by atoms with van der Waals surface area (Å²) in [6.45, 7) is 1.11. The van der Waals surface area contributed by atoms with Gasteiger partial charge in [-0.2, -0.15) is 8.42 Å². The maximum Gasteiger partial charge on any atom is 0.326 e. The Morgan fingerprint density at radius 1 is 1.14 bits per heavy atom. The number of carbonyl (C=O) groups excluding carboxylic acids is 2. The van der Waals surface area contributed by atoms with Crippen LogP contribution in [-0.2, 0) is 19.6 Å². The first-order valence-corrected chi connectivity index (χ1v) is 9.78. The van der Waals surface area contributed by atoms with Gasteiger partial charge >= 0.3 is 5.97 Å². The molecular weight excluding hydrogens is 387 g/mol. The second-order valence-electron chi connectivity index (χ2n) is 6.25. The SMILES string of the molecule is C[C@H](OC(=O)CN(C)C1=NS(=O)(=O)c2ccccc21)C(=O)c1ccc(F)cc1. The van der Waals surface area contributed by atoms with Gasteiger partial charge in [0.15, 0.2) is 11.9 Å². The van der Waals surface area contributed by atoms with Gasteiger partial charge < -0.3 is 9.64 Å². The van der Waals surface area contributed by atoms with Crippen LogP contribution in [0.2, 0.25) is 0 Å². The maximum atomic E-state index is 13.0. The molecule has 1 atom stereocenters. The highest BCUT2D eigenvalue weighted by Crippen LogP contribution is 2.26. The number of ketones is 1. The Kier molecular flexibility index (Phi) is 5.28. The van der Waals surface area contributed by atoms with E-state index < -0.39 is 33.7 Å². The number of likely N-dealkylation sites (N-methyl/N-ethyl adjacent to an activating group) is 1. The molecule has 0 radical (unpaired) electrons. The third-order valence-electron chi connectivity index (χ3n) is 4.15. The number of halogens is 1. The molecule has 0 aromatic heterocycles. The predicted octanol–water partition coefficient (Wildman–Crippen LogP) is 2.02. The lowest BCUT2D eigenvalue weighted by atomic mass is 10.1. The van der Waals surface area contributed by atoms with E-state index in [-0.39, 0.29) is 22.8 Å². The summed E-state index contributed by atoms with van der Waals surface area (Å²) in [7, 11) is -2.30. The van der Waals surface area contributed by atoms with E-state index in [1.165, 1.54) is 37.1 Å². The average molecular weight is 404 g/mol. The zero-order valence-corrected chi connectivity index (χ0v) is 15.9. The maximum absolute atomic E-state index is 13.0. The van der Waals surface area contributed by atoms with Crippen LogP contribution in [0.4, 0.5) is 4.39 Å². The highest BCUT2D eigenvalue weighted by Gasteiger charge is 2.31. The van der Waals surface area contributed by atoms with Gasteiger partial charge in [-0.15, -0.1) is 4.40 Å². The van der Waals surface area contributed by atoms with Gasteiger partial charge in [0, 0.05) is 18.2 Å². The van der Waals surface area contributed by atoms with Crippen LogP contribution in [0.15, 0.2) is 57.8 Å². The van der Waals surface area contributed by atoms with Crippen LogP contribution in [0.25, 0.3) is 0 Å². The Hall–Kier alpha value is -3.07. The van der Waals surface area contributed by atoms with Crippen molar-refractivity contribution in [2.75, 3.05) is 13.6 Å². The lowest BCUT2D eigenvalue weighted by Crippen LogP contribution is -2.35. The van der Waals surface area contributed by atoms with Crippen molar-refractivity contribution < 1.29 is 27.1 Å². The van der Waals surface area contributed by atoms with Crippen LogP contribution in [0.1, 0.15) is 22.8 Å². The first-order chi connectivity index (χ1) is 13.2. The van der Waals surface area contributed by atoms with Gasteiger partial charge in [-0.1, -0.05) is 12.1 Å². The number of nitrogens with zero attached hydrogens (tertiary/aromatic N) is 2. The number of Topliss-reactive ketones (excluding diaryl/α,β-unsaturated/α-hetero) is 1. The summed E-state index contributed by atoms with van der Waals surface area (Å²) >= 11 is 0. The van der Waals surface area contributed by atoms with Crippen molar-refractivity contribution in [1.29, 1.82) is 0 Å². The van der Waals surface area contributed by atoms with Crippen molar-refractivity contribution in [2.24, 2.45) is 4.40 Å². The number of hydrogen-bond donors (Lipinski definition) is 0. The van der Waals surface area contributed by atoms with Crippen LogP contribution in [0.3, 0.4) is 0 Å². The number of carbonyl (C=O) groups is 2. The van der Waals surface area contributed by atoms with E-state index in [1.54, 1.807) is 18.2 Å². The number of fused-ring (bicyclic) bond motifs is 1. The summed E-state index contributed by atoms with van der Waals surface area (Å²) in [6.07, 6.45) is -1.08. The molecule has 0 N–H and O–H groups in total. The van der Waals surface area contributed by atoms with E-state index in [0.717, 1.165) is 12.1 Å². The average Bonchev–Trinajstić information content (AvgIpc) is 2.93. The standard InChI is InChI=1S/C19H17FN2O5S/c1-12(18(24)13-7-9-14(20)10-8-13)27-17(23)11-22(2)19-15-5-3-4-6-16(15)28(25,26)21-19/h3-10,12H,11H2,1-2H3/t12-/m0/s1. The van der Waals surface area contributed by atoms with E-state index in [9.17, 15) is 22.4 Å². The minimum Gasteiger partial charge on any atom is -0.453 e. The number of hydrogen-bond acceptors (Lipinski definition) is 6. The zero-order chi connectivity index (χ0) is 20.5. The largest absolute Gasteiger partial charge is 0.453 e. The zero-order valence-electron chi connectivity index (χ0n) is 15.1. The summed E-state index contributed by atoms with van der Waals surface area (Å²) in [5.41, 5.74) is 0.614. The summed E-state index contributed by atoms with van der Waals surface area (Å²) in [6, 6.07) is 11.2. The quantitative estimate of drug-likeness (QED) is 0.559. The topological polar surface area (TPSA) is 93.1 Å². The highest BCUT2D eigenvalue weighted by molar-refractivity contribution is 7.90. The van der Waals surface area contributed by atoms with E-state index in [0.29, 0.717) is 5.56 Å². The molecule has 0 aliphatic carbocycles. The molecule has 2 aromatic rings. The number of rotatable bonds is 5. The fourth-order valence-corrected chi connectivity index (χ4v) is 4.02. The molecule has 0 spiro atoms. The smallest absolute Gasteiger partial charge is 0.326 e. The van der Waals surface area contributed by atoms with Gasteiger partial charge in [0.1, 0.15) is 17.3 Å². The second-order valence-corrected chi connectivity index (χ2v) is 7.82. The van der Waals surface area contributed by atoms with Gasteiger partial charge in [0.25, 0.3) is 10.0 Å². The molecule has 0 saturated heterocycles. The Morgan fingerprint density at radius 2 is 1.79 bits per heavy atom. The molecule has 9 heteroatoms. The molecule has 0 amide bonds. The summed E-state index contributed by atoms with van der Waals surface area (Å²) in [4.78, 5) is 25.9. The lowest BCUT2D eigenvalue weighted by molar-refractivity contribution is -0.146. The molecule has 3 rings (SSSR count). The van der Waals surface area contributed by atoms with Gasteiger partial charge in [-0.05, 0) is 43.3 Å². The molecular formula is C19H17FN2O5S. The number of amidine groups is 1. The first kappa shape index (κ1) is 19.7. The number of ether oxygens (including phenoxy) is 1. The van der Waals surface area contributed by atoms with Gasteiger partial charge in [-0.3, -0.25) is 9.59 Å². The highest BCUT2D eigenvalue weighted by atomic mass is 32.2. The number of esters is 1. The van der Waals surface area contributed by atoms with Crippen molar-refractivity contribution in [3.05, 3.63) is 65.5 Å². The van der Waals surface area contributed by atoms with Crippen LogP contribution in [0.5, 0.6) is 0 Å². The Bertz CT molecular complexity index is 1060. The van der Waals surface area contributed by atoms with Gasteiger partial charge in [0.2, 0.25) is 5.78 Å². The molecule has 0 fully saturated rings. The van der Waals surface area contributed by atoms with E-state index in [4.69, 9.17) is 4.74 Å². The molecule has 0 saturated carbocycles. The molecule has 28 heavy (non-hydrogen) atoms. The Morgan fingerprint density at radius 3 is 2.46 bits per heavy atom. The Labute approximate surface area is 161 Å². The summed E-state index contributed by atoms with van der Waals surface area (Å²) < 4.78 is 46.0. The van der Waals surface area contributed by atoms with E-state index in [2.05, 4.69) is 4.40 Å². The van der Waals surface area contributed by atoms with Crippen LogP contribution >= 0.6 is 0 Å². The minimum atomic E-state index is -3.80. The third-order valence-corrected chi connectivity index (χ3v) is 5.47. The fraction of sp³-hybridized carbons (Fsp3) is 0.211. The van der Waals surface area contributed by atoms with Crippen molar-refractivity contribution >= 4 is 27.6 Å². The summed E-state index contributed by atoms with van der Waals surface area (Å²) in [5.74, 6) is -1.54. The molecule has 1 aliphatic rings. The van der Waals surface area contributed by atoms with Gasteiger partial charge in [0.05, 0.1) is 0 Å². The monoisotopic (exact) mass is 404 g/mol. The molecule has 1 heterocycles. The molecule has 0 unspecified atom stereocenters. The lowest BCUT2D eigenvalue weighted by Gasteiger charge is -2.19. The second kappa shape index (κ2) is 7.51.